The van der Waals surface area contributed by atoms with E-state index in [1.54, 1.807) is 0 Å². The number of aromatic nitrogens is 2. The Hall–Kier alpha value is -13.2. The summed E-state index contributed by atoms with van der Waals surface area (Å²) in [5.41, 5.74) is 36.5. The number of para-hydroxylation sites is 3. The van der Waals surface area contributed by atoms with Gasteiger partial charge in [-0.25, -0.2) is 0 Å². The van der Waals surface area contributed by atoms with Crippen molar-refractivity contribution in [1.82, 2.24) is 9.13 Å². The highest BCUT2D eigenvalue weighted by Crippen LogP contribution is 2.60. The van der Waals surface area contributed by atoms with Gasteiger partial charge in [0.15, 0.2) is 0 Å². The highest BCUT2D eigenvalue weighted by atomic mass is 15.2. The van der Waals surface area contributed by atoms with E-state index in [0.717, 1.165) is 89.9 Å². The lowest BCUT2D eigenvalue weighted by molar-refractivity contribution is 0.590. The molecule has 5 heteroatoms. The minimum atomic E-state index is -0.619. The summed E-state index contributed by atoms with van der Waals surface area (Å²) in [5.74, 6) is 0. The minimum absolute atomic E-state index is 0.204. The Morgan fingerprint density at radius 2 is 0.579 bits per heavy atom. The van der Waals surface area contributed by atoms with Gasteiger partial charge < -0.3 is 18.9 Å². The topological polar surface area (TPSA) is 16.3 Å². The lowest BCUT2D eigenvalue weighted by atomic mass is 9.33. The van der Waals surface area contributed by atoms with Crippen LogP contribution in [-0.2, 0) is 21.7 Å². The zero-order chi connectivity index (χ0) is 77.1. The van der Waals surface area contributed by atoms with Crippen molar-refractivity contribution >= 4 is 101 Å². The molecule has 114 heavy (non-hydrogen) atoms. The van der Waals surface area contributed by atoms with Gasteiger partial charge in [0, 0.05) is 77.9 Å². The molecule has 0 saturated carbocycles. The van der Waals surface area contributed by atoms with E-state index in [-0.39, 0.29) is 23.0 Å². The standard InChI is InChI=1S/C109H87BN4/c1-106(2,3)76-60-85(70-36-16-10-17-37-70)104(86(61-76)71-38-18-11-19-39-71)113-99-66-79(111-95-53-33-29-49-82(95)83-50-30-34-54-96(83)111)56-58-93(99)110-94-59-57-80(112-97-55-35-31-51-84(97)90-68-89-81-48-28-32-52-91(81)109(92(89)69-98(90)112,74-44-24-14-25-45-74)75-46-26-15-27-47-75)67-100(94)114(102-65-78(108(7,8)9)64-101(113)103(102)110)105-87(72-40-20-12-21-41-72)62-77(107(4,5)6)63-88(105)73-42-22-13-23-43-73/h10-69H,1-9H3. The minimum Gasteiger partial charge on any atom is -0.310 e. The van der Waals surface area contributed by atoms with Crippen molar-refractivity contribution < 1.29 is 0 Å². The van der Waals surface area contributed by atoms with Crippen LogP contribution in [0.1, 0.15) is 101 Å². The third-order valence-electron chi connectivity index (χ3n) is 25.0. The quantitative estimate of drug-likeness (QED) is 0.127. The molecule has 4 heterocycles. The number of anilines is 6. The highest BCUT2D eigenvalue weighted by Gasteiger charge is 2.49. The zero-order valence-electron chi connectivity index (χ0n) is 66.0. The van der Waals surface area contributed by atoms with Gasteiger partial charge >= 0.3 is 0 Å². The van der Waals surface area contributed by atoms with Crippen LogP contribution in [0, 0.1) is 0 Å². The Kier molecular flexibility index (Phi) is 15.6. The summed E-state index contributed by atoms with van der Waals surface area (Å²) >= 11 is 0. The molecule has 0 spiro atoms. The molecule has 0 bridgehead atoms. The van der Waals surface area contributed by atoms with Crippen molar-refractivity contribution in [3.8, 4) is 67.0 Å². The van der Waals surface area contributed by atoms with Crippen LogP contribution >= 0.6 is 0 Å². The van der Waals surface area contributed by atoms with Crippen LogP contribution in [0.2, 0.25) is 0 Å². The van der Waals surface area contributed by atoms with E-state index < -0.39 is 5.41 Å². The van der Waals surface area contributed by atoms with Gasteiger partial charge in [-0.1, -0.05) is 335 Å². The van der Waals surface area contributed by atoms with Crippen molar-refractivity contribution in [1.29, 1.82) is 0 Å². The number of benzene rings is 16. The van der Waals surface area contributed by atoms with E-state index in [4.69, 9.17) is 0 Å². The van der Waals surface area contributed by atoms with E-state index in [1.165, 1.54) is 110 Å². The summed E-state index contributed by atoms with van der Waals surface area (Å²) in [6.45, 7) is 21.1. The highest BCUT2D eigenvalue weighted by molar-refractivity contribution is 7.00. The largest absolute Gasteiger partial charge is 0.310 e. The maximum atomic E-state index is 2.76. The van der Waals surface area contributed by atoms with Crippen LogP contribution in [-0.4, -0.2) is 15.8 Å². The molecule has 16 aromatic carbocycles. The van der Waals surface area contributed by atoms with E-state index in [0.29, 0.717) is 0 Å². The van der Waals surface area contributed by atoms with E-state index >= 15 is 0 Å². The molecule has 21 rings (SSSR count). The first kappa shape index (κ1) is 68.8. The Bertz CT molecular complexity index is 6680. The van der Waals surface area contributed by atoms with Crippen LogP contribution < -0.4 is 26.2 Å². The second-order valence-electron chi connectivity index (χ2n) is 34.7. The molecule has 2 aliphatic heterocycles. The number of fused-ring (bicyclic) bond motifs is 13. The van der Waals surface area contributed by atoms with E-state index in [1.807, 2.05) is 0 Å². The summed E-state index contributed by atoms with van der Waals surface area (Å²) < 4.78 is 5.11. The lowest BCUT2D eigenvalue weighted by Crippen LogP contribution is -2.61. The SMILES string of the molecule is CC(C)(C)c1cc(-c2ccccc2)c(N2c3cc(-n4c5ccccc5c5ccccc54)ccc3B3c4ccc(-n5c6ccccc6c6cc7c(cc65)C(c5ccccc5)(c5ccccc5)c5ccccc5-7)cc4N(c4c(-c5ccccc5)cc(C(C)(C)C)cc4-c4ccccc4)c4cc(C(C)(C)C)cc2c43)c(-c2ccccc2)c1. The second kappa shape index (κ2) is 25.9. The van der Waals surface area contributed by atoms with Gasteiger partial charge in [0.25, 0.3) is 6.71 Å². The first-order chi connectivity index (χ1) is 55.5. The normalized spacial score (nSPS) is 13.5. The van der Waals surface area contributed by atoms with Crippen molar-refractivity contribution in [2.75, 3.05) is 9.80 Å². The monoisotopic (exact) mass is 1460 g/mol. The molecule has 0 fully saturated rings. The molecule has 0 saturated heterocycles. The van der Waals surface area contributed by atoms with E-state index in [9.17, 15) is 0 Å². The average Bonchev–Trinajstić information content (AvgIpc) is 1.04. The number of nitrogens with zero attached hydrogens (tertiary/aromatic N) is 4. The van der Waals surface area contributed by atoms with Crippen molar-refractivity contribution in [2.24, 2.45) is 0 Å². The maximum Gasteiger partial charge on any atom is 0.252 e. The predicted molar refractivity (Wildman–Crippen MR) is 484 cm³/mol. The van der Waals surface area contributed by atoms with Crippen LogP contribution in [0.25, 0.3) is 111 Å². The maximum absolute atomic E-state index is 2.76. The van der Waals surface area contributed by atoms with Gasteiger partial charge in [0.2, 0.25) is 0 Å². The predicted octanol–water partition coefficient (Wildman–Crippen LogP) is 26.9. The molecule has 0 amide bonds. The van der Waals surface area contributed by atoms with Crippen molar-refractivity contribution in [3.05, 3.63) is 403 Å². The summed E-state index contributed by atoms with van der Waals surface area (Å²) in [4.78, 5) is 5.50. The Balaban J connectivity index is 0.930. The number of hydrogen-bond acceptors (Lipinski definition) is 2. The summed E-state index contributed by atoms with van der Waals surface area (Å²) in [6, 6.07) is 139. The summed E-state index contributed by atoms with van der Waals surface area (Å²) in [5, 5.41) is 4.88. The lowest BCUT2D eigenvalue weighted by Gasteiger charge is -2.47. The van der Waals surface area contributed by atoms with Crippen molar-refractivity contribution in [3.63, 3.8) is 0 Å². The summed E-state index contributed by atoms with van der Waals surface area (Å²) in [7, 11) is 0. The molecule has 4 nitrogen and oxygen atoms in total. The fraction of sp³-hybridized carbons (Fsp3) is 0.119. The van der Waals surface area contributed by atoms with Gasteiger partial charge in [-0.2, -0.15) is 0 Å². The molecular weight excluding hydrogens is 1380 g/mol. The smallest absolute Gasteiger partial charge is 0.252 e. The first-order valence-corrected chi connectivity index (χ1v) is 40.4. The second-order valence-corrected chi connectivity index (χ2v) is 34.7. The van der Waals surface area contributed by atoms with Gasteiger partial charge in [-0.15, -0.1) is 0 Å². The molecule has 0 radical (unpaired) electrons. The van der Waals surface area contributed by atoms with E-state index in [2.05, 4.69) is 445 Å². The van der Waals surface area contributed by atoms with Crippen LogP contribution in [0.15, 0.2) is 364 Å². The molecule has 2 aromatic heterocycles. The Morgan fingerprint density at radius 3 is 0.974 bits per heavy atom. The molecular formula is C109H87BN4. The van der Waals surface area contributed by atoms with Crippen molar-refractivity contribution in [2.45, 2.75) is 84.0 Å². The number of hydrogen-bond donors (Lipinski definition) is 0. The third-order valence-corrected chi connectivity index (χ3v) is 25.0. The first-order valence-electron chi connectivity index (χ1n) is 40.4. The fourth-order valence-electron chi connectivity index (χ4n) is 19.5. The molecule has 0 unspecified atom stereocenters. The Labute approximate surface area is 669 Å². The average molecular weight is 1460 g/mol. The molecule has 546 valence electrons. The van der Waals surface area contributed by atoms with Gasteiger partial charge in [0.05, 0.1) is 38.9 Å². The molecule has 18 aromatic rings. The molecule has 1 aliphatic carbocycles. The number of rotatable bonds is 10. The summed E-state index contributed by atoms with van der Waals surface area (Å²) in [6.07, 6.45) is 0. The van der Waals surface area contributed by atoms with Gasteiger partial charge in [-0.3, -0.25) is 0 Å². The molecule has 0 N–H and O–H groups in total. The Morgan fingerprint density at radius 1 is 0.246 bits per heavy atom. The van der Waals surface area contributed by atoms with Crippen LogP contribution in [0.5, 0.6) is 0 Å². The zero-order valence-corrected chi connectivity index (χ0v) is 66.0. The fourth-order valence-corrected chi connectivity index (χ4v) is 19.5. The molecule has 0 atom stereocenters. The van der Waals surface area contributed by atoms with Crippen LogP contribution in [0.3, 0.4) is 0 Å². The molecule has 3 aliphatic rings. The third kappa shape index (κ3) is 10.6. The van der Waals surface area contributed by atoms with Gasteiger partial charge in [-0.05, 0) is 196 Å². The van der Waals surface area contributed by atoms with Gasteiger partial charge in [0.1, 0.15) is 0 Å². The van der Waals surface area contributed by atoms with Crippen LogP contribution in [0.4, 0.5) is 34.1 Å².